The van der Waals surface area contributed by atoms with Gasteiger partial charge in [-0.2, -0.15) is 0 Å². The predicted octanol–water partition coefficient (Wildman–Crippen LogP) is 5.86. The van der Waals surface area contributed by atoms with Gasteiger partial charge in [-0.1, -0.05) is 25.1 Å². The highest BCUT2D eigenvalue weighted by molar-refractivity contribution is 9.10. The number of hydrogen-bond acceptors (Lipinski definition) is 2. The Morgan fingerprint density at radius 1 is 1.08 bits per heavy atom. The summed E-state index contributed by atoms with van der Waals surface area (Å²) in [6, 6.07) is 16.2. The van der Waals surface area contributed by atoms with Gasteiger partial charge in [-0.15, -0.1) is 0 Å². The normalized spacial score (nSPS) is 11.2. The summed E-state index contributed by atoms with van der Waals surface area (Å²) < 4.78 is 16.2. The molecule has 26 heavy (non-hydrogen) atoms. The number of pyridine rings is 1. The third kappa shape index (κ3) is 2.59. The molecule has 0 saturated carbocycles. The van der Waals surface area contributed by atoms with Crippen LogP contribution in [0.2, 0.25) is 0 Å². The molecule has 4 aromatic rings. The second-order valence-corrected chi connectivity index (χ2v) is 6.80. The SMILES string of the molecule is CCc1ncc2c(c1O)c(Br)c(-c1ccc(F)cc1)n2-c1ccccc1. The first-order valence-corrected chi connectivity index (χ1v) is 9.13. The van der Waals surface area contributed by atoms with Crippen LogP contribution in [0.15, 0.2) is 65.3 Å². The van der Waals surface area contributed by atoms with Gasteiger partial charge in [0.05, 0.1) is 33.0 Å². The molecule has 2 aromatic carbocycles. The maximum atomic E-state index is 13.4. The van der Waals surface area contributed by atoms with Crippen LogP contribution >= 0.6 is 15.9 Å². The fraction of sp³-hybridized carbons (Fsp3) is 0.0952. The smallest absolute Gasteiger partial charge is 0.147 e. The molecule has 130 valence electrons. The number of aromatic hydroxyl groups is 1. The summed E-state index contributed by atoms with van der Waals surface area (Å²) in [6.07, 6.45) is 2.41. The quantitative estimate of drug-likeness (QED) is 0.459. The number of rotatable bonds is 3. The van der Waals surface area contributed by atoms with Crippen molar-refractivity contribution in [1.29, 1.82) is 0 Å². The minimum Gasteiger partial charge on any atom is -0.505 e. The van der Waals surface area contributed by atoms with Crippen molar-refractivity contribution in [2.24, 2.45) is 0 Å². The maximum absolute atomic E-state index is 13.4. The van der Waals surface area contributed by atoms with Crippen molar-refractivity contribution in [3.8, 4) is 22.7 Å². The fourth-order valence-electron chi connectivity index (χ4n) is 3.22. The van der Waals surface area contributed by atoms with E-state index in [2.05, 4.69) is 20.9 Å². The van der Waals surface area contributed by atoms with E-state index in [1.165, 1.54) is 12.1 Å². The Morgan fingerprint density at radius 3 is 2.42 bits per heavy atom. The summed E-state index contributed by atoms with van der Waals surface area (Å²) >= 11 is 3.67. The number of nitrogens with zero attached hydrogens (tertiary/aromatic N) is 2. The third-order valence-electron chi connectivity index (χ3n) is 4.47. The Morgan fingerprint density at radius 2 is 1.77 bits per heavy atom. The highest BCUT2D eigenvalue weighted by Gasteiger charge is 2.22. The molecule has 0 atom stereocenters. The molecule has 0 aliphatic heterocycles. The van der Waals surface area contributed by atoms with Crippen molar-refractivity contribution in [2.75, 3.05) is 0 Å². The van der Waals surface area contributed by atoms with E-state index in [-0.39, 0.29) is 11.6 Å². The predicted molar refractivity (Wildman–Crippen MR) is 105 cm³/mol. The van der Waals surface area contributed by atoms with E-state index in [4.69, 9.17) is 0 Å². The van der Waals surface area contributed by atoms with E-state index in [9.17, 15) is 9.50 Å². The van der Waals surface area contributed by atoms with Crippen LogP contribution in [0, 0.1) is 5.82 Å². The number of aromatic nitrogens is 2. The van der Waals surface area contributed by atoms with Crippen LogP contribution in [0.5, 0.6) is 5.75 Å². The molecule has 0 fully saturated rings. The lowest BCUT2D eigenvalue weighted by Crippen LogP contribution is -1.97. The molecule has 0 saturated heterocycles. The van der Waals surface area contributed by atoms with Crippen LogP contribution in [0.25, 0.3) is 27.8 Å². The Balaban J connectivity index is 2.14. The third-order valence-corrected chi connectivity index (χ3v) is 5.24. The number of benzene rings is 2. The van der Waals surface area contributed by atoms with Crippen LogP contribution in [-0.2, 0) is 6.42 Å². The van der Waals surface area contributed by atoms with E-state index < -0.39 is 0 Å². The largest absolute Gasteiger partial charge is 0.505 e. The molecule has 1 N–H and O–H groups in total. The van der Waals surface area contributed by atoms with E-state index in [0.29, 0.717) is 17.5 Å². The van der Waals surface area contributed by atoms with Gasteiger partial charge in [0, 0.05) is 5.69 Å². The average Bonchev–Trinajstić information content (AvgIpc) is 2.97. The lowest BCUT2D eigenvalue weighted by Gasteiger charge is -2.11. The van der Waals surface area contributed by atoms with Crippen molar-refractivity contribution in [3.05, 3.63) is 76.8 Å². The lowest BCUT2D eigenvalue weighted by molar-refractivity contribution is 0.471. The van der Waals surface area contributed by atoms with Crippen molar-refractivity contribution >= 4 is 26.8 Å². The molecule has 0 radical (unpaired) electrons. The van der Waals surface area contributed by atoms with E-state index in [1.807, 2.05) is 41.8 Å². The van der Waals surface area contributed by atoms with E-state index >= 15 is 0 Å². The highest BCUT2D eigenvalue weighted by atomic mass is 79.9. The monoisotopic (exact) mass is 410 g/mol. The Labute approximate surface area is 158 Å². The van der Waals surface area contributed by atoms with Gasteiger partial charge < -0.3 is 9.67 Å². The number of halogens is 2. The van der Waals surface area contributed by atoms with Crippen molar-refractivity contribution in [3.63, 3.8) is 0 Å². The first-order chi connectivity index (χ1) is 12.6. The number of para-hydroxylation sites is 1. The van der Waals surface area contributed by atoms with Crippen LogP contribution in [0.1, 0.15) is 12.6 Å². The summed E-state index contributed by atoms with van der Waals surface area (Å²) in [4.78, 5) is 4.42. The van der Waals surface area contributed by atoms with Crippen LogP contribution in [0.4, 0.5) is 4.39 Å². The number of hydrogen-bond donors (Lipinski definition) is 1. The molecule has 0 unspecified atom stereocenters. The zero-order valence-corrected chi connectivity index (χ0v) is 15.7. The molecule has 4 rings (SSSR count). The Kier molecular flexibility index (Phi) is 4.24. The van der Waals surface area contributed by atoms with E-state index in [0.717, 1.165) is 26.9 Å². The second-order valence-electron chi connectivity index (χ2n) is 6.01. The number of aryl methyl sites for hydroxylation is 1. The highest BCUT2D eigenvalue weighted by Crippen LogP contribution is 2.44. The molecule has 5 heteroatoms. The molecule has 0 aliphatic rings. The molecular formula is C21H16BrFN2O. The van der Waals surface area contributed by atoms with Gasteiger partial charge >= 0.3 is 0 Å². The summed E-state index contributed by atoms with van der Waals surface area (Å²) in [5, 5.41) is 11.4. The topological polar surface area (TPSA) is 38.1 Å². The van der Waals surface area contributed by atoms with Gasteiger partial charge in [0.25, 0.3) is 0 Å². The average molecular weight is 411 g/mol. The van der Waals surface area contributed by atoms with Gasteiger partial charge in [-0.3, -0.25) is 4.98 Å². The van der Waals surface area contributed by atoms with Crippen LogP contribution < -0.4 is 0 Å². The van der Waals surface area contributed by atoms with Gasteiger partial charge in [0.1, 0.15) is 11.6 Å². The maximum Gasteiger partial charge on any atom is 0.147 e. The molecular weight excluding hydrogens is 395 g/mol. The van der Waals surface area contributed by atoms with Gasteiger partial charge in [-0.25, -0.2) is 4.39 Å². The molecule has 0 bridgehead atoms. The van der Waals surface area contributed by atoms with Crippen molar-refractivity contribution < 1.29 is 9.50 Å². The minimum absolute atomic E-state index is 0.176. The van der Waals surface area contributed by atoms with Crippen LogP contribution in [0.3, 0.4) is 0 Å². The molecule has 2 heterocycles. The lowest BCUT2D eigenvalue weighted by atomic mass is 10.1. The summed E-state index contributed by atoms with van der Waals surface area (Å²) in [6.45, 7) is 1.96. The summed E-state index contributed by atoms with van der Waals surface area (Å²) in [5.74, 6) is -0.111. The first kappa shape index (κ1) is 16.8. The first-order valence-electron chi connectivity index (χ1n) is 8.34. The second kappa shape index (κ2) is 6.57. The molecule has 3 nitrogen and oxygen atoms in total. The van der Waals surface area contributed by atoms with E-state index in [1.54, 1.807) is 18.3 Å². The minimum atomic E-state index is -0.287. The molecule has 0 aliphatic carbocycles. The fourth-order valence-corrected chi connectivity index (χ4v) is 4.02. The number of fused-ring (bicyclic) bond motifs is 1. The van der Waals surface area contributed by atoms with Crippen LogP contribution in [-0.4, -0.2) is 14.7 Å². The standard InChI is InChI=1S/C21H16BrFN2O/c1-2-16-21(26)18-17(12-24-16)25(15-6-4-3-5-7-15)20(19(18)22)13-8-10-14(23)11-9-13/h3-12,26H,2H2,1H3. The summed E-state index contributed by atoms with van der Waals surface area (Å²) in [5.41, 5.74) is 4.06. The van der Waals surface area contributed by atoms with Crippen molar-refractivity contribution in [1.82, 2.24) is 9.55 Å². The summed E-state index contributed by atoms with van der Waals surface area (Å²) in [7, 11) is 0. The van der Waals surface area contributed by atoms with Gasteiger partial charge in [-0.05, 0) is 64.3 Å². The molecule has 0 amide bonds. The Hall–Kier alpha value is -2.66. The van der Waals surface area contributed by atoms with Gasteiger partial charge in [0.2, 0.25) is 0 Å². The van der Waals surface area contributed by atoms with Crippen molar-refractivity contribution in [2.45, 2.75) is 13.3 Å². The molecule has 2 aromatic heterocycles. The zero-order chi connectivity index (χ0) is 18.3. The van der Waals surface area contributed by atoms with Gasteiger partial charge in [0.15, 0.2) is 0 Å². The molecule has 0 spiro atoms. The Bertz CT molecular complexity index is 1090. The zero-order valence-electron chi connectivity index (χ0n) is 14.1.